The number of likely N-dealkylation sites (N-methyl/N-ethyl adjacent to an activating group) is 1. The van der Waals surface area contributed by atoms with Gasteiger partial charge in [0.15, 0.2) is 0 Å². The van der Waals surface area contributed by atoms with E-state index in [-0.39, 0.29) is 11.9 Å². The van der Waals surface area contributed by atoms with Crippen molar-refractivity contribution in [3.8, 4) is 0 Å². The molecule has 0 aliphatic carbocycles. The first kappa shape index (κ1) is 15.8. The zero-order chi connectivity index (χ0) is 16.2. The van der Waals surface area contributed by atoms with Gasteiger partial charge < -0.3 is 9.80 Å². The number of nitrogens with zero attached hydrogens (tertiary/aromatic N) is 2. The number of hydrogen-bond acceptors (Lipinski definition) is 2. The van der Waals surface area contributed by atoms with Gasteiger partial charge in [-0.1, -0.05) is 60.2 Å². The third kappa shape index (κ3) is 3.80. The summed E-state index contributed by atoms with van der Waals surface area (Å²) in [5, 5.41) is 0. The molecular formula is C20H24N2O. The first-order chi connectivity index (χ1) is 11.1. The molecular weight excluding hydrogens is 284 g/mol. The van der Waals surface area contributed by atoms with Crippen molar-refractivity contribution < 1.29 is 4.79 Å². The number of rotatable bonds is 3. The van der Waals surface area contributed by atoms with Crippen LogP contribution in [0.4, 0.5) is 0 Å². The summed E-state index contributed by atoms with van der Waals surface area (Å²) in [5.41, 5.74) is 3.53. The lowest BCUT2D eigenvalue weighted by atomic mass is 10.0. The molecule has 0 N–H and O–H groups in total. The molecule has 0 radical (unpaired) electrons. The van der Waals surface area contributed by atoms with Gasteiger partial charge in [-0.3, -0.25) is 4.79 Å². The van der Waals surface area contributed by atoms with Crippen LogP contribution in [0.15, 0.2) is 54.6 Å². The quantitative estimate of drug-likeness (QED) is 0.870. The van der Waals surface area contributed by atoms with Crippen LogP contribution in [-0.2, 0) is 11.2 Å². The number of benzene rings is 2. The monoisotopic (exact) mass is 308 g/mol. The molecule has 3 rings (SSSR count). The topological polar surface area (TPSA) is 23.6 Å². The fraction of sp³-hybridized carbons (Fsp3) is 0.350. The van der Waals surface area contributed by atoms with Gasteiger partial charge in [-0.2, -0.15) is 0 Å². The van der Waals surface area contributed by atoms with Gasteiger partial charge >= 0.3 is 0 Å². The molecule has 0 spiro atoms. The summed E-state index contributed by atoms with van der Waals surface area (Å²) >= 11 is 0. The Hall–Kier alpha value is -2.13. The minimum Gasteiger partial charge on any atom is -0.333 e. The maximum absolute atomic E-state index is 12.9. The van der Waals surface area contributed by atoms with E-state index in [0.29, 0.717) is 6.42 Å². The highest BCUT2D eigenvalue weighted by molar-refractivity contribution is 5.79. The Bertz CT molecular complexity index is 651. The van der Waals surface area contributed by atoms with Crippen LogP contribution < -0.4 is 0 Å². The summed E-state index contributed by atoms with van der Waals surface area (Å²) < 4.78 is 0. The van der Waals surface area contributed by atoms with Crippen molar-refractivity contribution in [3.05, 3.63) is 71.3 Å². The molecule has 2 aromatic carbocycles. The third-order valence-electron chi connectivity index (χ3n) is 4.56. The number of carbonyl (C=O) groups excluding carboxylic acids is 1. The first-order valence-electron chi connectivity index (χ1n) is 8.22. The van der Waals surface area contributed by atoms with E-state index < -0.39 is 0 Å². The molecule has 1 amide bonds. The van der Waals surface area contributed by atoms with E-state index in [4.69, 9.17) is 0 Å². The van der Waals surface area contributed by atoms with E-state index >= 15 is 0 Å². The zero-order valence-corrected chi connectivity index (χ0v) is 13.9. The van der Waals surface area contributed by atoms with Crippen molar-refractivity contribution in [2.45, 2.75) is 19.4 Å². The highest BCUT2D eigenvalue weighted by Gasteiger charge is 2.29. The van der Waals surface area contributed by atoms with E-state index in [2.05, 4.69) is 60.2 Å². The first-order valence-corrected chi connectivity index (χ1v) is 8.22. The van der Waals surface area contributed by atoms with E-state index in [0.717, 1.165) is 25.2 Å². The Morgan fingerprint density at radius 3 is 2.43 bits per heavy atom. The molecule has 1 unspecified atom stereocenters. The average Bonchev–Trinajstić information content (AvgIpc) is 2.57. The number of piperazine rings is 1. The highest BCUT2D eigenvalue weighted by atomic mass is 16.2. The number of hydrogen-bond donors (Lipinski definition) is 0. The van der Waals surface area contributed by atoms with Crippen molar-refractivity contribution >= 4 is 5.91 Å². The summed E-state index contributed by atoms with van der Waals surface area (Å²) in [4.78, 5) is 17.2. The van der Waals surface area contributed by atoms with Crippen LogP contribution in [0, 0.1) is 6.92 Å². The van der Waals surface area contributed by atoms with Crippen LogP contribution in [0.25, 0.3) is 0 Å². The van der Waals surface area contributed by atoms with Gasteiger partial charge in [0.1, 0.15) is 0 Å². The van der Waals surface area contributed by atoms with Crippen molar-refractivity contribution in [1.29, 1.82) is 0 Å². The van der Waals surface area contributed by atoms with Gasteiger partial charge in [0.05, 0.1) is 12.5 Å². The second kappa shape index (κ2) is 6.97. The Morgan fingerprint density at radius 2 is 1.74 bits per heavy atom. The van der Waals surface area contributed by atoms with Crippen molar-refractivity contribution in [3.63, 3.8) is 0 Å². The number of aryl methyl sites for hydroxylation is 1. The maximum atomic E-state index is 12.9. The molecule has 3 nitrogen and oxygen atoms in total. The normalized spacial score (nSPS) is 18.9. The minimum absolute atomic E-state index is 0.146. The van der Waals surface area contributed by atoms with E-state index in [9.17, 15) is 4.79 Å². The van der Waals surface area contributed by atoms with Crippen LogP contribution in [0.2, 0.25) is 0 Å². The molecule has 0 bridgehead atoms. The molecule has 1 fully saturated rings. The van der Waals surface area contributed by atoms with E-state index in [1.165, 1.54) is 11.1 Å². The van der Waals surface area contributed by atoms with Crippen LogP contribution in [-0.4, -0.2) is 42.4 Å². The van der Waals surface area contributed by atoms with Crippen molar-refractivity contribution in [2.75, 3.05) is 26.7 Å². The summed E-state index contributed by atoms with van der Waals surface area (Å²) in [6.07, 6.45) is 0.479. The lowest BCUT2D eigenvalue weighted by Crippen LogP contribution is -2.49. The van der Waals surface area contributed by atoms with E-state index in [1.54, 1.807) is 0 Å². The SMILES string of the molecule is Cc1ccc(CC(=O)N2CCN(C)CC2c2ccccc2)cc1. The molecule has 3 heteroatoms. The minimum atomic E-state index is 0.146. The smallest absolute Gasteiger partial charge is 0.227 e. The molecule has 1 atom stereocenters. The number of amides is 1. The molecule has 0 saturated carbocycles. The Morgan fingerprint density at radius 1 is 1.04 bits per heavy atom. The molecule has 1 aliphatic heterocycles. The second-order valence-corrected chi connectivity index (χ2v) is 6.44. The van der Waals surface area contributed by atoms with Crippen LogP contribution in [0.1, 0.15) is 22.7 Å². The van der Waals surface area contributed by atoms with Crippen LogP contribution in [0.3, 0.4) is 0 Å². The predicted molar refractivity (Wildman–Crippen MR) is 93.3 cm³/mol. The van der Waals surface area contributed by atoms with Crippen molar-refractivity contribution in [1.82, 2.24) is 9.80 Å². The van der Waals surface area contributed by atoms with Gasteiger partial charge in [0.2, 0.25) is 5.91 Å². The average molecular weight is 308 g/mol. The molecule has 23 heavy (non-hydrogen) atoms. The molecule has 120 valence electrons. The summed E-state index contributed by atoms with van der Waals surface area (Å²) in [5.74, 6) is 0.218. The Labute approximate surface area is 138 Å². The Kier molecular flexibility index (Phi) is 4.77. The van der Waals surface area contributed by atoms with E-state index in [1.807, 2.05) is 18.2 Å². The van der Waals surface area contributed by atoms with Gasteiger partial charge in [-0.15, -0.1) is 0 Å². The molecule has 1 saturated heterocycles. The molecule has 1 heterocycles. The van der Waals surface area contributed by atoms with Crippen LogP contribution >= 0.6 is 0 Å². The summed E-state index contributed by atoms with van der Waals surface area (Å²) in [7, 11) is 2.12. The number of carbonyl (C=O) groups is 1. The fourth-order valence-electron chi connectivity index (χ4n) is 3.16. The molecule has 2 aromatic rings. The lowest BCUT2D eigenvalue weighted by Gasteiger charge is -2.40. The summed E-state index contributed by atoms with van der Waals surface area (Å²) in [6, 6.07) is 18.8. The highest BCUT2D eigenvalue weighted by Crippen LogP contribution is 2.25. The lowest BCUT2D eigenvalue weighted by molar-refractivity contribution is -0.135. The predicted octanol–water partition coefficient (Wildman–Crippen LogP) is 3.05. The van der Waals surface area contributed by atoms with Gasteiger partial charge in [-0.25, -0.2) is 0 Å². The fourth-order valence-corrected chi connectivity index (χ4v) is 3.16. The third-order valence-corrected chi connectivity index (χ3v) is 4.56. The zero-order valence-electron chi connectivity index (χ0n) is 13.9. The molecule has 1 aliphatic rings. The van der Waals surface area contributed by atoms with Crippen molar-refractivity contribution in [2.24, 2.45) is 0 Å². The Balaban J connectivity index is 1.78. The summed E-state index contributed by atoms with van der Waals surface area (Å²) in [6.45, 7) is 4.69. The second-order valence-electron chi connectivity index (χ2n) is 6.44. The standard InChI is InChI=1S/C20H24N2O/c1-16-8-10-17(11-9-16)14-20(23)22-13-12-21(2)15-19(22)18-6-4-3-5-7-18/h3-11,19H,12-15H2,1-2H3. The maximum Gasteiger partial charge on any atom is 0.227 e. The van der Waals surface area contributed by atoms with Gasteiger partial charge in [0.25, 0.3) is 0 Å². The van der Waals surface area contributed by atoms with Gasteiger partial charge in [0, 0.05) is 19.6 Å². The van der Waals surface area contributed by atoms with Gasteiger partial charge in [-0.05, 0) is 25.1 Å². The van der Waals surface area contributed by atoms with Crippen LogP contribution in [0.5, 0.6) is 0 Å². The largest absolute Gasteiger partial charge is 0.333 e. The molecule has 0 aromatic heterocycles.